The summed E-state index contributed by atoms with van der Waals surface area (Å²) < 4.78 is 0. The molecule has 1 aromatic heterocycles. The van der Waals surface area contributed by atoms with Gasteiger partial charge in [0.1, 0.15) is 0 Å². The fraction of sp³-hybridized carbons (Fsp3) is 0.182. The molecule has 0 fully saturated rings. The van der Waals surface area contributed by atoms with Gasteiger partial charge in [0, 0.05) is 23.1 Å². The zero-order valence-electron chi connectivity index (χ0n) is 13.9. The molecular formula is C22H22N2. The number of nitrogens with one attached hydrogen (secondary N) is 2. The smallest absolute Gasteiger partial charge is 0.0456 e. The summed E-state index contributed by atoms with van der Waals surface area (Å²) in [5.41, 5.74) is 3.96. The van der Waals surface area contributed by atoms with Crippen molar-refractivity contribution in [3.05, 3.63) is 84.1 Å². The Kier molecular flexibility index (Phi) is 4.06. The number of rotatable bonds is 5. The van der Waals surface area contributed by atoms with Gasteiger partial charge in [-0.3, -0.25) is 0 Å². The molecule has 1 heterocycles. The fourth-order valence-electron chi connectivity index (χ4n) is 3.50. The molecule has 4 aromatic rings. The number of fused-ring (bicyclic) bond motifs is 2. The van der Waals surface area contributed by atoms with Crippen LogP contribution < -0.4 is 5.32 Å². The van der Waals surface area contributed by atoms with Crippen LogP contribution in [0.1, 0.15) is 24.1 Å². The first-order chi connectivity index (χ1) is 11.8. The van der Waals surface area contributed by atoms with Gasteiger partial charge < -0.3 is 10.3 Å². The lowest BCUT2D eigenvalue weighted by molar-refractivity contribution is 0.581. The minimum atomic E-state index is 0.335. The number of hydrogen-bond donors (Lipinski definition) is 2. The normalized spacial score (nSPS) is 12.7. The molecule has 0 aliphatic heterocycles. The minimum Gasteiger partial charge on any atom is -0.361 e. The van der Waals surface area contributed by atoms with Crippen LogP contribution in [0, 0.1) is 0 Å². The summed E-state index contributed by atoms with van der Waals surface area (Å²) in [5.74, 6) is 0. The average molecular weight is 314 g/mol. The Hall–Kier alpha value is -2.58. The van der Waals surface area contributed by atoms with Gasteiger partial charge in [-0.2, -0.15) is 0 Å². The maximum absolute atomic E-state index is 3.68. The molecule has 120 valence electrons. The van der Waals surface area contributed by atoms with Crippen LogP contribution in [0.3, 0.4) is 0 Å². The van der Waals surface area contributed by atoms with Gasteiger partial charge >= 0.3 is 0 Å². The second-order valence-corrected chi connectivity index (χ2v) is 6.35. The number of hydrogen-bond acceptors (Lipinski definition) is 1. The Morgan fingerprint density at radius 1 is 0.875 bits per heavy atom. The van der Waals surface area contributed by atoms with Crippen molar-refractivity contribution >= 4 is 21.7 Å². The van der Waals surface area contributed by atoms with Crippen LogP contribution in [0.2, 0.25) is 0 Å². The van der Waals surface area contributed by atoms with E-state index in [1.54, 1.807) is 0 Å². The van der Waals surface area contributed by atoms with Crippen LogP contribution in [0.4, 0.5) is 0 Å². The lowest BCUT2D eigenvalue weighted by Crippen LogP contribution is -2.21. The zero-order valence-corrected chi connectivity index (χ0v) is 13.9. The first kappa shape index (κ1) is 15.0. The molecule has 3 aromatic carbocycles. The molecule has 0 spiro atoms. The third-order valence-electron chi connectivity index (χ3n) is 4.81. The Morgan fingerprint density at radius 2 is 1.62 bits per heavy atom. The van der Waals surface area contributed by atoms with Gasteiger partial charge in [-0.15, -0.1) is 0 Å². The zero-order chi connectivity index (χ0) is 16.4. The lowest BCUT2D eigenvalue weighted by Gasteiger charge is -2.16. The van der Waals surface area contributed by atoms with Gasteiger partial charge in [0.05, 0.1) is 0 Å². The maximum atomic E-state index is 3.68. The van der Waals surface area contributed by atoms with E-state index in [1.807, 2.05) is 0 Å². The Labute approximate surface area is 142 Å². The molecule has 2 heteroatoms. The molecule has 4 rings (SSSR count). The van der Waals surface area contributed by atoms with E-state index in [0.29, 0.717) is 6.04 Å². The largest absolute Gasteiger partial charge is 0.361 e. The highest BCUT2D eigenvalue weighted by atomic mass is 14.9. The van der Waals surface area contributed by atoms with E-state index < -0.39 is 0 Å². The molecule has 24 heavy (non-hydrogen) atoms. The Morgan fingerprint density at radius 3 is 2.54 bits per heavy atom. The number of aromatic nitrogens is 1. The van der Waals surface area contributed by atoms with Gasteiger partial charge in [0.25, 0.3) is 0 Å². The van der Waals surface area contributed by atoms with Crippen molar-refractivity contribution < 1.29 is 0 Å². The van der Waals surface area contributed by atoms with Crippen LogP contribution in [0.25, 0.3) is 21.7 Å². The first-order valence-corrected chi connectivity index (χ1v) is 8.59. The average Bonchev–Trinajstić information content (AvgIpc) is 3.04. The number of para-hydroxylation sites is 1. The van der Waals surface area contributed by atoms with Crippen LogP contribution >= 0.6 is 0 Å². The minimum absolute atomic E-state index is 0.335. The molecule has 0 bridgehead atoms. The highest BCUT2D eigenvalue weighted by molar-refractivity contribution is 5.86. The highest BCUT2D eigenvalue weighted by Gasteiger charge is 2.09. The van der Waals surface area contributed by atoms with Gasteiger partial charge in [0.2, 0.25) is 0 Å². The van der Waals surface area contributed by atoms with E-state index in [-0.39, 0.29) is 0 Å². The van der Waals surface area contributed by atoms with Gasteiger partial charge in [-0.25, -0.2) is 0 Å². The Bertz CT molecular complexity index is 962. The van der Waals surface area contributed by atoms with Crippen molar-refractivity contribution in [3.63, 3.8) is 0 Å². The molecule has 0 unspecified atom stereocenters. The molecule has 1 atom stereocenters. The quantitative estimate of drug-likeness (QED) is 0.519. The third kappa shape index (κ3) is 2.81. The second-order valence-electron chi connectivity index (χ2n) is 6.35. The van der Waals surface area contributed by atoms with Gasteiger partial charge in [-0.1, -0.05) is 60.7 Å². The molecule has 2 N–H and O–H groups in total. The monoisotopic (exact) mass is 314 g/mol. The topological polar surface area (TPSA) is 27.8 Å². The summed E-state index contributed by atoms with van der Waals surface area (Å²) in [6.07, 6.45) is 3.16. The summed E-state index contributed by atoms with van der Waals surface area (Å²) in [7, 11) is 0. The number of H-pyrrole nitrogens is 1. The second kappa shape index (κ2) is 6.50. The first-order valence-electron chi connectivity index (χ1n) is 8.59. The fourth-order valence-corrected chi connectivity index (χ4v) is 3.50. The van der Waals surface area contributed by atoms with Crippen LogP contribution in [0.5, 0.6) is 0 Å². The maximum Gasteiger partial charge on any atom is 0.0456 e. The molecule has 2 nitrogen and oxygen atoms in total. The summed E-state index contributed by atoms with van der Waals surface area (Å²) in [5, 5.41) is 7.66. The van der Waals surface area contributed by atoms with Crippen LogP contribution in [0.15, 0.2) is 72.9 Å². The molecule has 0 radical (unpaired) electrons. The van der Waals surface area contributed by atoms with E-state index in [1.165, 1.54) is 32.8 Å². The Balaban J connectivity index is 1.47. The molecule has 0 aliphatic rings. The van der Waals surface area contributed by atoms with Gasteiger partial charge in [0.15, 0.2) is 0 Å². The third-order valence-corrected chi connectivity index (χ3v) is 4.81. The predicted octanol–water partition coefficient (Wildman–Crippen LogP) is 5.21. The van der Waals surface area contributed by atoms with Gasteiger partial charge in [-0.05, 0) is 47.9 Å². The van der Waals surface area contributed by atoms with Crippen molar-refractivity contribution in [2.75, 3.05) is 6.54 Å². The summed E-state index contributed by atoms with van der Waals surface area (Å²) in [4.78, 5) is 3.35. The summed E-state index contributed by atoms with van der Waals surface area (Å²) >= 11 is 0. The highest BCUT2D eigenvalue weighted by Crippen LogP contribution is 2.24. The molecule has 0 saturated carbocycles. The van der Waals surface area contributed by atoms with E-state index >= 15 is 0 Å². The van der Waals surface area contributed by atoms with Crippen molar-refractivity contribution in [1.29, 1.82) is 0 Å². The standard InChI is InChI=1S/C22H22N2/c1-16(19-11-6-8-17-7-2-3-9-20(17)19)23-14-13-18-15-24-22-12-5-4-10-21(18)22/h2-12,15-16,23-24H,13-14H2,1H3/t16-/m1/s1. The van der Waals surface area contributed by atoms with E-state index in [4.69, 9.17) is 0 Å². The summed E-state index contributed by atoms with van der Waals surface area (Å²) in [6.45, 7) is 3.21. The van der Waals surface area contributed by atoms with Crippen molar-refractivity contribution in [3.8, 4) is 0 Å². The lowest BCUT2D eigenvalue weighted by atomic mass is 9.99. The molecular weight excluding hydrogens is 292 g/mol. The molecule has 0 saturated heterocycles. The summed E-state index contributed by atoms with van der Waals surface area (Å²) in [6, 6.07) is 24.0. The van der Waals surface area contributed by atoms with Crippen molar-refractivity contribution in [2.45, 2.75) is 19.4 Å². The van der Waals surface area contributed by atoms with Crippen LogP contribution in [-0.2, 0) is 6.42 Å². The molecule has 0 aliphatic carbocycles. The number of aromatic amines is 1. The van der Waals surface area contributed by atoms with Crippen LogP contribution in [-0.4, -0.2) is 11.5 Å². The van der Waals surface area contributed by atoms with E-state index in [9.17, 15) is 0 Å². The molecule has 0 amide bonds. The SMILES string of the molecule is C[C@@H](NCCc1c[nH]c2ccccc12)c1cccc2ccccc12. The van der Waals surface area contributed by atoms with Crippen molar-refractivity contribution in [1.82, 2.24) is 10.3 Å². The number of benzene rings is 3. The van der Waals surface area contributed by atoms with Crippen molar-refractivity contribution in [2.24, 2.45) is 0 Å². The predicted molar refractivity (Wildman–Crippen MR) is 102 cm³/mol. The van der Waals surface area contributed by atoms with E-state index in [0.717, 1.165) is 13.0 Å². The van der Waals surface area contributed by atoms with E-state index in [2.05, 4.69) is 90.2 Å².